The Kier molecular flexibility index (Phi) is 8.55. The Bertz CT molecular complexity index is 938. The molecule has 3 rings (SSSR count). The number of ether oxygens (including phenoxy) is 1. The van der Waals surface area contributed by atoms with Crippen molar-refractivity contribution >= 4 is 34.0 Å². The van der Waals surface area contributed by atoms with Gasteiger partial charge in [0.05, 0.1) is 34.7 Å². The first-order chi connectivity index (χ1) is 13.7. The molecular weight excluding hydrogens is 464 g/mol. The summed E-state index contributed by atoms with van der Waals surface area (Å²) < 4.78 is 73.0. The minimum atomic E-state index is -4.75. The molecule has 0 radical (unpaired) electrons. The van der Waals surface area contributed by atoms with Crippen LogP contribution in [-0.4, -0.2) is 46.2 Å². The third kappa shape index (κ3) is 6.32. The highest BCUT2D eigenvalue weighted by molar-refractivity contribution is 7.89. The molecule has 0 saturated carbocycles. The van der Waals surface area contributed by atoms with Crippen molar-refractivity contribution in [1.82, 2.24) is 9.62 Å². The van der Waals surface area contributed by atoms with Crippen molar-refractivity contribution in [2.24, 2.45) is 0 Å². The van der Waals surface area contributed by atoms with E-state index in [1.54, 1.807) is 30.3 Å². The Morgan fingerprint density at radius 1 is 1.10 bits per heavy atom. The van der Waals surface area contributed by atoms with Crippen LogP contribution in [0, 0.1) is 0 Å². The average Bonchev–Trinajstić information content (AvgIpc) is 2.68. The van der Waals surface area contributed by atoms with Crippen molar-refractivity contribution in [3.8, 4) is 0 Å². The summed E-state index contributed by atoms with van der Waals surface area (Å²) in [7, 11) is -4.22. The second kappa shape index (κ2) is 10.3. The molecule has 0 aromatic heterocycles. The molecule has 2 aromatic rings. The molecule has 166 valence electrons. The van der Waals surface area contributed by atoms with Crippen molar-refractivity contribution in [3.05, 3.63) is 64.7 Å². The van der Waals surface area contributed by atoms with Crippen LogP contribution in [0.4, 0.5) is 13.2 Å². The van der Waals surface area contributed by atoms with Gasteiger partial charge in [0.15, 0.2) is 0 Å². The van der Waals surface area contributed by atoms with Crippen LogP contribution in [0.5, 0.6) is 0 Å². The molecule has 1 aliphatic rings. The summed E-state index contributed by atoms with van der Waals surface area (Å²) in [6, 6.07) is 10.8. The number of sulfonamides is 1. The molecule has 0 aliphatic carbocycles. The van der Waals surface area contributed by atoms with Crippen molar-refractivity contribution in [2.75, 3.05) is 32.8 Å². The zero-order valence-corrected chi connectivity index (χ0v) is 18.1. The summed E-state index contributed by atoms with van der Waals surface area (Å²) in [5.74, 6) is 0. The Balaban J connectivity index is 0.00000320. The molecule has 5 nitrogen and oxygen atoms in total. The highest BCUT2D eigenvalue weighted by Gasteiger charge is 2.35. The van der Waals surface area contributed by atoms with Gasteiger partial charge in [0.2, 0.25) is 10.0 Å². The molecule has 1 heterocycles. The van der Waals surface area contributed by atoms with Crippen molar-refractivity contribution in [3.63, 3.8) is 0 Å². The largest absolute Gasteiger partial charge is 0.417 e. The summed E-state index contributed by atoms with van der Waals surface area (Å²) in [4.78, 5) is 1.56. The first-order valence-corrected chi connectivity index (χ1v) is 10.8. The number of halogens is 5. The van der Waals surface area contributed by atoms with E-state index in [-0.39, 0.29) is 12.4 Å². The first-order valence-electron chi connectivity index (χ1n) is 8.91. The number of alkyl halides is 3. The number of nitrogens with zero attached hydrogens (tertiary/aromatic N) is 1. The lowest BCUT2D eigenvalue weighted by molar-refractivity contribution is -0.137. The van der Waals surface area contributed by atoms with Crippen molar-refractivity contribution in [1.29, 1.82) is 0 Å². The second-order valence-corrected chi connectivity index (χ2v) is 8.76. The SMILES string of the molecule is Cl.O=S(=O)(NC(CN1CCOCC1)c1ccccc1)c1ccc(Cl)c(C(F)(F)F)c1. The second-order valence-electron chi connectivity index (χ2n) is 6.64. The van der Waals surface area contributed by atoms with E-state index in [0.717, 1.165) is 12.1 Å². The van der Waals surface area contributed by atoms with Crippen LogP contribution in [0.15, 0.2) is 53.4 Å². The van der Waals surface area contributed by atoms with E-state index in [1.807, 2.05) is 4.90 Å². The minimum absolute atomic E-state index is 0. The molecule has 1 atom stereocenters. The van der Waals surface area contributed by atoms with E-state index in [1.165, 1.54) is 0 Å². The molecule has 2 aromatic carbocycles. The number of nitrogens with one attached hydrogen (secondary N) is 1. The van der Waals surface area contributed by atoms with E-state index in [4.69, 9.17) is 16.3 Å². The molecule has 1 fully saturated rings. The van der Waals surface area contributed by atoms with Crippen LogP contribution >= 0.6 is 24.0 Å². The summed E-state index contributed by atoms with van der Waals surface area (Å²) >= 11 is 5.61. The maximum absolute atomic E-state index is 13.1. The van der Waals surface area contributed by atoms with E-state index >= 15 is 0 Å². The Morgan fingerprint density at radius 3 is 2.33 bits per heavy atom. The normalized spacial score (nSPS) is 16.7. The molecule has 0 spiro atoms. The maximum atomic E-state index is 13.1. The average molecular weight is 485 g/mol. The third-order valence-electron chi connectivity index (χ3n) is 4.60. The molecule has 0 amide bonds. The molecule has 1 saturated heterocycles. The standard InChI is InChI=1S/C19H20ClF3N2O3S.ClH/c20-17-7-6-15(12-16(17)19(21,22)23)29(26,27)24-18(14-4-2-1-3-5-14)13-25-8-10-28-11-9-25;/h1-7,12,18,24H,8-11,13H2;1H. The van der Waals surface area contributed by atoms with Crippen molar-refractivity contribution < 1.29 is 26.3 Å². The maximum Gasteiger partial charge on any atom is 0.417 e. The van der Waals surface area contributed by atoms with Gasteiger partial charge in [-0.1, -0.05) is 41.9 Å². The number of rotatable bonds is 6. The van der Waals surface area contributed by atoms with Gasteiger partial charge in [0.1, 0.15) is 0 Å². The van der Waals surface area contributed by atoms with E-state index < -0.39 is 37.7 Å². The Hall–Kier alpha value is -1.36. The Labute approximate surface area is 184 Å². The van der Waals surface area contributed by atoms with Gasteiger partial charge in [-0.3, -0.25) is 4.90 Å². The van der Waals surface area contributed by atoms with E-state index in [9.17, 15) is 21.6 Å². The molecule has 11 heteroatoms. The molecule has 30 heavy (non-hydrogen) atoms. The molecular formula is C19H21Cl2F3N2O3S. The summed E-state index contributed by atoms with van der Waals surface area (Å²) in [6.45, 7) is 2.74. The van der Waals surface area contributed by atoms with Gasteiger partial charge in [-0.25, -0.2) is 13.1 Å². The zero-order chi connectivity index (χ0) is 21.1. The van der Waals surface area contributed by atoms with Gasteiger partial charge >= 0.3 is 6.18 Å². The van der Waals surface area contributed by atoms with Gasteiger partial charge in [-0.05, 0) is 23.8 Å². The van der Waals surface area contributed by atoms with Gasteiger partial charge in [-0.2, -0.15) is 13.2 Å². The Morgan fingerprint density at radius 2 is 1.73 bits per heavy atom. The fraction of sp³-hybridized carbons (Fsp3) is 0.368. The lowest BCUT2D eigenvalue weighted by Gasteiger charge is -2.31. The number of hydrogen-bond donors (Lipinski definition) is 1. The van der Waals surface area contributed by atoms with Crippen LogP contribution in [-0.2, 0) is 20.9 Å². The van der Waals surface area contributed by atoms with Crippen molar-refractivity contribution in [2.45, 2.75) is 17.1 Å². The van der Waals surface area contributed by atoms with E-state index in [0.29, 0.717) is 44.5 Å². The van der Waals surface area contributed by atoms with Crippen LogP contribution in [0.2, 0.25) is 5.02 Å². The summed E-state index contributed by atoms with van der Waals surface area (Å²) in [6.07, 6.45) is -4.75. The highest BCUT2D eigenvalue weighted by atomic mass is 35.5. The molecule has 1 unspecified atom stereocenters. The number of benzene rings is 2. The van der Waals surface area contributed by atoms with Gasteiger partial charge < -0.3 is 4.74 Å². The van der Waals surface area contributed by atoms with Crippen LogP contribution in [0.1, 0.15) is 17.2 Å². The quantitative estimate of drug-likeness (QED) is 0.669. The molecule has 0 bridgehead atoms. The van der Waals surface area contributed by atoms with Crippen LogP contribution in [0.3, 0.4) is 0 Å². The molecule has 1 aliphatic heterocycles. The lowest BCUT2D eigenvalue weighted by atomic mass is 10.1. The fourth-order valence-electron chi connectivity index (χ4n) is 3.08. The highest BCUT2D eigenvalue weighted by Crippen LogP contribution is 2.36. The molecule has 1 N–H and O–H groups in total. The van der Waals surface area contributed by atoms with Crippen LogP contribution < -0.4 is 4.72 Å². The third-order valence-corrected chi connectivity index (χ3v) is 6.40. The minimum Gasteiger partial charge on any atom is -0.379 e. The summed E-state index contributed by atoms with van der Waals surface area (Å²) in [5.41, 5.74) is -0.473. The van der Waals surface area contributed by atoms with Gasteiger partial charge in [0.25, 0.3) is 0 Å². The lowest BCUT2D eigenvalue weighted by Crippen LogP contribution is -2.43. The van der Waals surface area contributed by atoms with Crippen LogP contribution in [0.25, 0.3) is 0 Å². The van der Waals surface area contributed by atoms with Gasteiger partial charge in [0, 0.05) is 19.6 Å². The summed E-state index contributed by atoms with van der Waals surface area (Å²) in [5, 5.41) is -0.552. The topological polar surface area (TPSA) is 58.6 Å². The zero-order valence-electron chi connectivity index (χ0n) is 15.7. The first kappa shape index (κ1) is 24.9. The smallest absolute Gasteiger partial charge is 0.379 e. The van der Waals surface area contributed by atoms with Gasteiger partial charge in [-0.15, -0.1) is 12.4 Å². The van der Waals surface area contributed by atoms with E-state index in [2.05, 4.69) is 4.72 Å². The monoisotopic (exact) mass is 484 g/mol. The number of morpholine rings is 1. The predicted octanol–water partition coefficient (Wildman–Crippen LogP) is 4.13. The fourth-order valence-corrected chi connectivity index (χ4v) is 4.55. The number of hydrogen-bond acceptors (Lipinski definition) is 4. The predicted molar refractivity (Wildman–Crippen MR) is 110 cm³/mol.